The highest BCUT2D eigenvalue weighted by Crippen LogP contribution is 2.51. The lowest BCUT2D eigenvalue weighted by atomic mass is 10.0. The number of nitrogens with zero attached hydrogens (tertiary/aromatic N) is 1. The number of anilines is 2. The van der Waals surface area contributed by atoms with Crippen molar-refractivity contribution in [3.63, 3.8) is 0 Å². The predicted molar refractivity (Wildman–Crippen MR) is 74.2 cm³/mol. The van der Waals surface area contributed by atoms with Gasteiger partial charge < -0.3 is 10.6 Å². The van der Waals surface area contributed by atoms with E-state index in [0.29, 0.717) is 5.92 Å². The van der Waals surface area contributed by atoms with Gasteiger partial charge in [-0.2, -0.15) is 0 Å². The van der Waals surface area contributed by atoms with Crippen LogP contribution in [0.4, 0.5) is 10.7 Å². The molecule has 0 bridgehead atoms. The highest BCUT2D eigenvalue weighted by Gasteiger charge is 2.33. The van der Waals surface area contributed by atoms with Gasteiger partial charge in [-0.3, -0.25) is 4.79 Å². The minimum Gasteiger partial charge on any atom is -0.397 e. The largest absolute Gasteiger partial charge is 0.397 e. The van der Waals surface area contributed by atoms with Crippen LogP contribution < -0.4 is 10.6 Å². The van der Waals surface area contributed by atoms with Crippen molar-refractivity contribution in [1.82, 2.24) is 0 Å². The maximum atomic E-state index is 12.1. The number of ketones is 1. The second-order valence-corrected chi connectivity index (χ2v) is 6.25. The molecule has 1 heterocycles. The van der Waals surface area contributed by atoms with Crippen LogP contribution in [0.25, 0.3) is 0 Å². The molecule has 0 amide bonds. The Morgan fingerprint density at radius 3 is 2.41 bits per heavy atom. The van der Waals surface area contributed by atoms with E-state index in [0.717, 1.165) is 15.6 Å². The maximum Gasteiger partial charge on any atom is 0.177 e. The molecule has 3 nitrogen and oxygen atoms in total. The minimum atomic E-state index is 0.0121. The van der Waals surface area contributed by atoms with Crippen molar-refractivity contribution in [3.8, 4) is 0 Å². The van der Waals surface area contributed by atoms with Gasteiger partial charge in [-0.05, 0) is 18.8 Å². The summed E-state index contributed by atoms with van der Waals surface area (Å²) in [5.41, 5.74) is 8.13. The Kier molecular flexibility index (Phi) is 3.17. The van der Waals surface area contributed by atoms with Gasteiger partial charge in [-0.25, -0.2) is 0 Å². The SMILES string of the molecule is CC(C)C(=O)c1sc(N(C)C)c(C2CC2)c1N. The van der Waals surface area contributed by atoms with Crippen molar-refractivity contribution in [3.05, 3.63) is 10.4 Å². The molecule has 0 aromatic carbocycles. The molecule has 0 aliphatic heterocycles. The Labute approximate surface area is 107 Å². The summed E-state index contributed by atoms with van der Waals surface area (Å²) < 4.78 is 0. The first kappa shape index (κ1) is 12.4. The summed E-state index contributed by atoms with van der Waals surface area (Å²) in [5, 5.41) is 1.16. The van der Waals surface area contributed by atoms with E-state index < -0.39 is 0 Å². The van der Waals surface area contributed by atoms with E-state index in [4.69, 9.17) is 5.73 Å². The molecule has 0 saturated heterocycles. The molecule has 1 fully saturated rings. The summed E-state index contributed by atoms with van der Waals surface area (Å²) in [6.45, 7) is 3.85. The first-order valence-electron chi connectivity index (χ1n) is 6.07. The lowest BCUT2D eigenvalue weighted by Gasteiger charge is -2.12. The minimum absolute atomic E-state index is 0.0121. The second-order valence-electron chi connectivity index (χ2n) is 5.25. The molecule has 0 radical (unpaired) electrons. The molecule has 2 N–H and O–H groups in total. The summed E-state index contributed by atoms with van der Waals surface area (Å²) >= 11 is 1.55. The molecule has 17 heavy (non-hydrogen) atoms. The number of nitrogens with two attached hydrogens (primary N) is 1. The van der Waals surface area contributed by atoms with Crippen molar-refractivity contribution < 1.29 is 4.79 Å². The van der Waals surface area contributed by atoms with Gasteiger partial charge in [0.1, 0.15) is 0 Å². The van der Waals surface area contributed by atoms with E-state index in [1.165, 1.54) is 18.4 Å². The fourth-order valence-electron chi connectivity index (χ4n) is 1.99. The third kappa shape index (κ3) is 2.18. The van der Waals surface area contributed by atoms with Crippen LogP contribution in [0.1, 0.15) is 47.8 Å². The van der Waals surface area contributed by atoms with E-state index in [9.17, 15) is 4.79 Å². The Bertz CT molecular complexity index is 445. The number of hydrogen-bond acceptors (Lipinski definition) is 4. The lowest BCUT2D eigenvalue weighted by Crippen LogP contribution is -2.09. The van der Waals surface area contributed by atoms with Gasteiger partial charge in [0.25, 0.3) is 0 Å². The molecular formula is C13H20N2OS. The van der Waals surface area contributed by atoms with Crippen molar-refractivity contribution in [1.29, 1.82) is 0 Å². The fourth-order valence-corrected chi connectivity index (χ4v) is 3.31. The van der Waals surface area contributed by atoms with Gasteiger partial charge in [-0.15, -0.1) is 11.3 Å². The van der Waals surface area contributed by atoms with Crippen molar-refractivity contribution in [2.45, 2.75) is 32.6 Å². The lowest BCUT2D eigenvalue weighted by molar-refractivity contribution is 0.0944. The monoisotopic (exact) mass is 252 g/mol. The highest BCUT2D eigenvalue weighted by atomic mass is 32.1. The van der Waals surface area contributed by atoms with Crippen LogP contribution >= 0.6 is 11.3 Å². The summed E-state index contributed by atoms with van der Waals surface area (Å²) in [7, 11) is 4.03. The normalized spacial score (nSPS) is 15.4. The van der Waals surface area contributed by atoms with E-state index in [2.05, 4.69) is 4.90 Å². The van der Waals surface area contributed by atoms with Gasteiger partial charge in [-0.1, -0.05) is 13.8 Å². The van der Waals surface area contributed by atoms with Gasteiger partial charge >= 0.3 is 0 Å². The summed E-state index contributed by atoms with van der Waals surface area (Å²) in [4.78, 5) is 14.9. The van der Waals surface area contributed by atoms with Crippen molar-refractivity contribution >= 4 is 27.8 Å². The van der Waals surface area contributed by atoms with Crippen LogP contribution in [0.3, 0.4) is 0 Å². The molecule has 0 atom stereocenters. The summed E-state index contributed by atoms with van der Waals surface area (Å²) in [6, 6.07) is 0. The van der Waals surface area contributed by atoms with Crippen LogP contribution in [0, 0.1) is 5.92 Å². The molecule has 4 heteroatoms. The number of Topliss-reactive ketones (excluding diaryl/α,β-unsaturated/α-hetero) is 1. The van der Waals surface area contributed by atoms with Gasteiger partial charge in [0.15, 0.2) is 5.78 Å². The third-order valence-electron chi connectivity index (χ3n) is 3.10. The van der Waals surface area contributed by atoms with E-state index >= 15 is 0 Å². The van der Waals surface area contributed by atoms with Crippen LogP contribution in [-0.2, 0) is 0 Å². The molecule has 1 aromatic heterocycles. The Balaban J connectivity index is 2.48. The van der Waals surface area contributed by atoms with Crippen LogP contribution in [0.5, 0.6) is 0 Å². The first-order valence-corrected chi connectivity index (χ1v) is 6.88. The van der Waals surface area contributed by atoms with Crippen LogP contribution in [0.15, 0.2) is 0 Å². The Morgan fingerprint density at radius 2 is 2.00 bits per heavy atom. The number of thiophene rings is 1. The molecular weight excluding hydrogens is 232 g/mol. The zero-order chi connectivity index (χ0) is 12.7. The zero-order valence-electron chi connectivity index (χ0n) is 10.9. The number of hydrogen-bond donors (Lipinski definition) is 1. The Morgan fingerprint density at radius 1 is 1.41 bits per heavy atom. The highest BCUT2D eigenvalue weighted by molar-refractivity contribution is 7.19. The molecule has 94 valence electrons. The molecule has 2 rings (SSSR count). The number of nitrogen functional groups attached to an aromatic ring is 1. The number of carbonyl (C=O) groups is 1. The predicted octanol–water partition coefficient (Wildman–Crippen LogP) is 3.11. The average molecular weight is 252 g/mol. The Hall–Kier alpha value is -1.03. The average Bonchev–Trinajstić information content (AvgIpc) is 3.01. The van der Waals surface area contributed by atoms with E-state index in [-0.39, 0.29) is 11.7 Å². The van der Waals surface area contributed by atoms with E-state index in [1.54, 1.807) is 11.3 Å². The molecule has 1 aromatic rings. The maximum absolute atomic E-state index is 12.1. The van der Waals surface area contributed by atoms with Crippen molar-refractivity contribution in [2.75, 3.05) is 24.7 Å². The molecule has 1 saturated carbocycles. The van der Waals surface area contributed by atoms with Crippen LogP contribution in [-0.4, -0.2) is 19.9 Å². The smallest absolute Gasteiger partial charge is 0.177 e. The fraction of sp³-hybridized carbons (Fsp3) is 0.615. The molecule has 1 aliphatic rings. The standard InChI is InChI=1S/C13H20N2OS/c1-7(2)11(16)12-10(14)9(8-5-6-8)13(17-12)15(3)4/h7-8H,5-6,14H2,1-4H3. The zero-order valence-corrected chi connectivity index (χ0v) is 11.7. The molecule has 0 unspecified atom stereocenters. The number of carbonyl (C=O) groups excluding carboxylic acids is 1. The molecule has 1 aliphatic carbocycles. The van der Waals surface area contributed by atoms with E-state index in [1.807, 2.05) is 27.9 Å². The van der Waals surface area contributed by atoms with Gasteiger partial charge in [0.2, 0.25) is 0 Å². The van der Waals surface area contributed by atoms with Gasteiger partial charge in [0.05, 0.1) is 15.6 Å². The summed E-state index contributed by atoms with van der Waals surface area (Å²) in [6.07, 6.45) is 2.41. The van der Waals surface area contributed by atoms with Crippen LogP contribution in [0.2, 0.25) is 0 Å². The number of rotatable bonds is 4. The summed E-state index contributed by atoms with van der Waals surface area (Å²) in [5.74, 6) is 0.762. The molecule has 0 spiro atoms. The third-order valence-corrected chi connectivity index (χ3v) is 4.51. The quantitative estimate of drug-likeness (QED) is 0.837. The second kappa shape index (κ2) is 4.33. The van der Waals surface area contributed by atoms with Crippen molar-refractivity contribution in [2.24, 2.45) is 5.92 Å². The topological polar surface area (TPSA) is 46.3 Å². The first-order chi connectivity index (χ1) is 7.93. The van der Waals surface area contributed by atoms with Gasteiger partial charge in [0, 0.05) is 25.6 Å².